The molecule has 104 valence electrons. The molecule has 0 aromatic heterocycles. The lowest BCUT2D eigenvalue weighted by atomic mass is 10.2. The zero-order valence-electron chi connectivity index (χ0n) is 10.4. The fourth-order valence-electron chi connectivity index (χ4n) is 2.13. The lowest BCUT2D eigenvalue weighted by molar-refractivity contribution is 0.0643. The normalized spacial score (nSPS) is 16.7. The zero-order chi connectivity index (χ0) is 13.8. The first-order valence-electron chi connectivity index (χ1n) is 6.14. The van der Waals surface area contributed by atoms with Crippen molar-refractivity contribution in [1.29, 1.82) is 0 Å². The second-order valence-electron chi connectivity index (χ2n) is 4.45. The minimum atomic E-state index is 0.0821. The highest BCUT2D eigenvalue weighted by atomic mass is 79.9. The quantitative estimate of drug-likeness (QED) is 0.715. The van der Waals surface area contributed by atoms with Crippen LogP contribution >= 0.6 is 43.5 Å². The average Bonchev–Trinajstić information content (AvgIpc) is 2.42. The summed E-state index contributed by atoms with van der Waals surface area (Å²) in [5.74, 6) is 0.726. The molecule has 0 unspecified atom stereocenters. The van der Waals surface area contributed by atoms with Crippen LogP contribution in [0.5, 0.6) is 0 Å². The van der Waals surface area contributed by atoms with Crippen molar-refractivity contribution in [2.24, 2.45) is 0 Å². The van der Waals surface area contributed by atoms with Gasteiger partial charge in [0.2, 0.25) is 0 Å². The van der Waals surface area contributed by atoms with Crippen molar-refractivity contribution in [1.82, 2.24) is 9.80 Å². The zero-order valence-corrected chi connectivity index (χ0v) is 14.3. The highest BCUT2D eigenvalue weighted by molar-refractivity contribution is 9.11. The Bertz CT molecular complexity index is 462. The molecule has 1 amide bonds. The Morgan fingerprint density at radius 2 is 1.89 bits per heavy atom. The van der Waals surface area contributed by atoms with Gasteiger partial charge in [-0.05, 0) is 34.1 Å². The monoisotopic (exact) mass is 408 g/mol. The molecule has 0 N–H and O–H groups in total. The van der Waals surface area contributed by atoms with Crippen LogP contribution in [0, 0.1) is 0 Å². The summed E-state index contributed by atoms with van der Waals surface area (Å²) in [5.41, 5.74) is 0.708. The van der Waals surface area contributed by atoms with E-state index in [0.29, 0.717) is 11.4 Å². The molecule has 0 aliphatic carbocycles. The van der Waals surface area contributed by atoms with Crippen LogP contribution in [-0.4, -0.2) is 54.3 Å². The van der Waals surface area contributed by atoms with E-state index in [9.17, 15) is 4.79 Å². The van der Waals surface area contributed by atoms with Gasteiger partial charge in [-0.2, -0.15) is 0 Å². The third kappa shape index (κ3) is 3.94. The number of carbonyl (C=O) groups is 1. The maximum Gasteiger partial charge on any atom is 0.255 e. The van der Waals surface area contributed by atoms with E-state index in [4.69, 9.17) is 11.6 Å². The molecule has 19 heavy (non-hydrogen) atoms. The minimum Gasteiger partial charge on any atom is -0.336 e. The maximum absolute atomic E-state index is 12.5. The van der Waals surface area contributed by atoms with Crippen LogP contribution in [0.2, 0.25) is 0 Å². The Kier molecular flexibility index (Phi) is 5.69. The Balaban J connectivity index is 2.03. The van der Waals surface area contributed by atoms with E-state index >= 15 is 0 Å². The van der Waals surface area contributed by atoms with Gasteiger partial charge in [-0.1, -0.05) is 15.9 Å². The lowest BCUT2D eigenvalue weighted by Gasteiger charge is -2.34. The molecular formula is C13H15Br2ClN2O. The molecule has 0 spiro atoms. The van der Waals surface area contributed by atoms with Crippen molar-refractivity contribution in [2.45, 2.75) is 0 Å². The van der Waals surface area contributed by atoms with Crippen LogP contribution < -0.4 is 0 Å². The number of amides is 1. The van der Waals surface area contributed by atoms with Gasteiger partial charge in [0.15, 0.2) is 0 Å². The Morgan fingerprint density at radius 1 is 1.21 bits per heavy atom. The van der Waals surface area contributed by atoms with E-state index in [1.165, 1.54) is 0 Å². The first-order valence-corrected chi connectivity index (χ1v) is 8.26. The molecule has 1 fully saturated rings. The predicted molar refractivity (Wildman–Crippen MR) is 84.9 cm³/mol. The van der Waals surface area contributed by atoms with Crippen LogP contribution in [0.3, 0.4) is 0 Å². The van der Waals surface area contributed by atoms with Crippen molar-refractivity contribution >= 4 is 49.4 Å². The summed E-state index contributed by atoms with van der Waals surface area (Å²) in [6.45, 7) is 4.20. The molecule has 1 aromatic rings. The van der Waals surface area contributed by atoms with Gasteiger partial charge in [0.1, 0.15) is 0 Å². The average molecular weight is 411 g/mol. The lowest BCUT2D eigenvalue weighted by Crippen LogP contribution is -2.49. The number of nitrogens with zero attached hydrogens (tertiary/aromatic N) is 2. The highest BCUT2D eigenvalue weighted by Crippen LogP contribution is 2.23. The van der Waals surface area contributed by atoms with Gasteiger partial charge < -0.3 is 4.90 Å². The molecule has 0 bridgehead atoms. The van der Waals surface area contributed by atoms with Gasteiger partial charge in [0.05, 0.1) is 5.56 Å². The number of benzene rings is 1. The van der Waals surface area contributed by atoms with E-state index in [2.05, 4.69) is 36.8 Å². The van der Waals surface area contributed by atoms with Crippen LogP contribution in [-0.2, 0) is 0 Å². The topological polar surface area (TPSA) is 23.6 Å². The molecule has 0 atom stereocenters. The van der Waals surface area contributed by atoms with Crippen molar-refractivity contribution < 1.29 is 4.79 Å². The summed E-state index contributed by atoms with van der Waals surface area (Å²) in [6, 6.07) is 5.66. The van der Waals surface area contributed by atoms with E-state index in [1.54, 1.807) is 0 Å². The Morgan fingerprint density at radius 3 is 2.53 bits per heavy atom. The van der Waals surface area contributed by atoms with Gasteiger partial charge >= 0.3 is 0 Å². The standard InChI is InChI=1S/C13H15Br2ClN2O/c14-10-1-2-12(15)11(9-10)13(19)18-7-5-17(4-3-16)6-8-18/h1-2,9H,3-8H2. The molecule has 2 rings (SSSR count). The number of hydrogen-bond donors (Lipinski definition) is 0. The molecule has 1 aliphatic rings. The molecule has 6 heteroatoms. The molecule has 0 radical (unpaired) electrons. The molecular weight excluding hydrogens is 395 g/mol. The van der Waals surface area contributed by atoms with Crippen molar-refractivity contribution in [3.63, 3.8) is 0 Å². The van der Waals surface area contributed by atoms with E-state index in [1.807, 2.05) is 23.1 Å². The number of rotatable bonds is 3. The maximum atomic E-state index is 12.5. The van der Waals surface area contributed by atoms with Crippen molar-refractivity contribution in [3.8, 4) is 0 Å². The number of alkyl halides is 1. The summed E-state index contributed by atoms with van der Waals surface area (Å²) in [5, 5.41) is 0. The molecule has 1 heterocycles. The Hall–Kier alpha value is -0.100. The second kappa shape index (κ2) is 7.07. The summed E-state index contributed by atoms with van der Waals surface area (Å²) in [6.07, 6.45) is 0. The van der Waals surface area contributed by atoms with Gasteiger partial charge in [-0.3, -0.25) is 9.69 Å². The fourth-order valence-corrected chi connectivity index (χ4v) is 3.14. The summed E-state index contributed by atoms with van der Waals surface area (Å²) < 4.78 is 1.75. The first-order chi connectivity index (χ1) is 9.11. The summed E-state index contributed by atoms with van der Waals surface area (Å²) in [7, 11) is 0. The predicted octanol–water partition coefficient (Wildman–Crippen LogP) is 3.21. The number of piperazine rings is 1. The van der Waals surface area contributed by atoms with E-state index in [0.717, 1.165) is 41.7 Å². The molecule has 1 aromatic carbocycles. The van der Waals surface area contributed by atoms with Crippen LogP contribution in [0.25, 0.3) is 0 Å². The second-order valence-corrected chi connectivity index (χ2v) is 6.59. The summed E-state index contributed by atoms with van der Waals surface area (Å²) >= 11 is 12.6. The third-order valence-corrected chi connectivity index (χ3v) is 4.57. The smallest absolute Gasteiger partial charge is 0.255 e. The largest absolute Gasteiger partial charge is 0.336 e. The molecule has 0 saturated carbocycles. The van der Waals surface area contributed by atoms with Crippen LogP contribution in [0.4, 0.5) is 0 Å². The van der Waals surface area contributed by atoms with E-state index in [-0.39, 0.29) is 5.91 Å². The molecule has 1 aliphatic heterocycles. The SMILES string of the molecule is O=C(c1cc(Br)ccc1Br)N1CCN(CCCl)CC1. The number of halogens is 3. The van der Waals surface area contributed by atoms with Gasteiger partial charge in [-0.15, -0.1) is 11.6 Å². The van der Waals surface area contributed by atoms with Gasteiger partial charge in [-0.25, -0.2) is 0 Å². The number of hydrogen-bond acceptors (Lipinski definition) is 2. The minimum absolute atomic E-state index is 0.0821. The highest BCUT2D eigenvalue weighted by Gasteiger charge is 2.23. The molecule has 3 nitrogen and oxygen atoms in total. The summed E-state index contributed by atoms with van der Waals surface area (Å²) in [4.78, 5) is 16.7. The van der Waals surface area contributed by atoms with Crippen molar-refractivity contribution in [3.05, 3.63) is 32.7 Å². The van der Waals surface area contributed by atoms with Crippen molar-refractivity contribution in [2.75, 3.05) is 38.6 Å². The van der Waals surface area contributed by atoms with Crippen LogP contribution in [0.15, 0.2) is 27.1 Å². The van der Waals surface area contributed by atoms with Crippen LogP contribution in [0.1, 0.15) is 10.4 Å². The van der Waals surface area contributed by atoms with E-state index < -0.39 is 0 Å². The van der Waals surface area contributed by atoms with Gasteiger partial charge in [0.25, 0.3) is 5.91 Å². The first kappa shape index (κ1) is 15.3. The Labute approximate surface area is 135 Å². The third-order valence-electron chi connectivity index (χ3n) is 3.22. The molecule has 1 saturated heterocycles. The van der Waals surface area contributed by atoms with Gasteiger partial charge in [0, 0.05) is 47.5 Å². The fraction of sp³-hybridized carbons (Fsp3) is 0.462. The number of carbonyl (C=O) groups excluding carboxylic acids is 1.